The van der Waals surface area contributed by atoms with Crippen molar-refractivity contribution in [1.82, 2.24) is 25.1 Å². The summed E-state index contributed by atoms with van der Waals surface area (Å²) in [5.41, 5.74) is 2.54. The van der Waals surface area contributed by atoms with Crippen molar-refractivity contribution in [2.45, 2.75) is 26.4 Å². The topological polar surface area (TPSA) is 66.9 Å². The highest BCUT2D eigenvalue weighted by atomic mass is 16.5. The van der Waals surface area contributed by atoms with E-state index in [-0.39, 0.29) is 6.10 Å². The van der Waals surface area contributed by atoms with E-state index in [0.29, 0.717) is 11.6 Å². The van der Waals surface area contributed by atoms with Crippen LogP contribution in [0.2, 0.25) is 0 Å². The number of rotatable bonds is 6. The smallest absolute Gasteiger partial charge is 0.161 e. The number of hydrogen-bond donors (Lipinski definition) is 1. The van der Waals surface area contributed by atoms with Crippen molar-refractivity contribution in [2.75, 3.05) is 13.1 Å². The maximum Gasteiger partial charge on any atom is 0.161 e. The fourth-order valence-corrected chi connectivity index (χ4v) is 2.33. The molecule has 25 heavy (non-hydrogen) atoms. The van der Waals surface area contributed by atoms with Gasteiger partial charge in [-0.05, 0) is 25.5 Å². The molecule has 0 aliphatic carbocycles. The molecule has 1 aliphatic rings. The Morgan fingerprint density at radius 2 is 2.12 bits per heavy atom. The molecule has 0 saturated carbocycles. The first-order valence-corrected chi connectivity index (χ1v) is 8.16. The minimum absolute atomic E-state index is 0.0575. The van der Waals surface area contributed by atoms with Gasteiger partial charge in [0.05, 0.1) is 18.4 Å². The van der Waals surface area contributed by atoms with Gasteiger partial charge in [-0.2, -0.15) is 5.10 Å². The zero-order valence-electron chi connectivity index (χ0n) is 14.9. The zero-order chi connectivity index (χ0) is 18.2. The summed E-state index contributed by atoms with van der Waals surface area (Å²) in [6.07, 6.45) is 9.68. The molecule has 1 fully saturated rings. The standard InChI is InChI=1S/C19H25N5O/c1-6-14(2)7-8-15(3)24-10-9-18(12-24)25-19-11-22-23-17(5)21-13-20-16(19)4/h6-8,11,13,18H,1-3,9-10,12H2,4-5H3,(H,20,21,23)/b8-7-,19-16?,22-11?/t18-/m1/s1. The summed E-state index contributed by atoms with van der Waals surface area (Å²) < 4.78 is 6.10. The van der Waals surface area contributed by atoms with Crippen LogP contribution in [-0.2, 0) is 0 Å². The third kappa shape index (κ3) is 5.60. The molecule has 6 nitrogen and oxygen atoms in total. The van der Waals surface area contributed by atoms with Crippen LogP contribution in [0.3, 0.4) is 0 Å². The van der Waals surface area contributed by atoms with Gasteiger partial charge in [0.1, 0.15) is 18.3 Å². The Kier molecular flexibility index (Phi) is 6.51. The highest BCUT2D eigenvalue weighted by Crippen LogP contribution is 2.21. The van der Waals surface area contributed by atoms with Crippen LogP contribution < -0.4 is 4.74 Å². The number of aromatic nitrogens is 4. The van der Waals surface area contributed by atoms with Crippen LogP contribution >= 0.6 is 0 Å². The van der Waals surface area contributed by atoms with Crippen LogP contribution in [-0.4, -0.2) is 44.3 Å². The third-order valence-electron chi connectivity index (χ3n) is 3.86. The second-order valence-corrected chi connectivity index (χ2v) is 5.86. The molecule has 0 amide bonds. The summed E-state index contributed by atoms with van der Waals surface area (Å²) >= 11 is 0. The van der Waals surface area contributed by atoms with Crippen molar-refractivity contribution in [3.05, 3.63) is 73.3 Å². The Morgan fingerprint density at radius 3 is 2.88 bits per heavy atom. The van der Waals surface area contributed by atoms with E-state index < -0.39 is 0 Å². The molecule has 2 rings (SSSR count). The van der Waals surface area contributed by atoms with Gasteiger partial charge in [-0.25, -0.2) is 9.97 Å². The second kappa shape index (κ2) is 8.82. The van der Waals surface area contributed by atoms with Crippen molar-refractivity contribution in [3.8, 4) is 5.75 Å². The minimum atomic E-state index is 0.0575. The number of likely N-dealkylation sites (tertiary alicyclic amines) is 1. The second-order valence-electron chi connectivity index (χ2n) is 5.86. The number of aryl methyl sites for hydroxylation is 2. The van der Waals surface area contributed by atoms with Crippen LogP contribution in [0.25, 0.3) is 0 Å². The average Bonchev–Trinajstić information content (AvgIpc) is 3.08. The number of hydrogen-bond acceptors (Lipinski definition) is 5. The van der Waals surface area contributed by atoms with Gasteiger partial charge in [0.2, 0.25) is 0 Å². The highest BCUT2D eigenvalue weighted by Gasteiger charge is 2.24. The number of ether oxygens (including phenoxy) is 1. The summed E-state index contributed by atoms with van der Waals surface area (Å²) in [5, 5.41) is 6.95. The van der Waals surface area contributed by atoms with Gasteiger partial charge < -0.3 is 9.64 Å². The molecule has 1 atom stereocenters. The lowest BCUT2D eigenvalue weighted by Gasteiger charge is -2.19. The first-order valence-electron chi connectivity index (χ1n) is 8.16. The molecule has 1 saturated heterocycles. The minimum Gasteiger partial charge on any atom is -0.485 e. The molecule has 0 aromatic carbocycles. The average molecular weight is 339 g/mol. The SMILES string of the molecule is C=CC(=C)/C=C\C(=C)N1CC[C@@H](Oc2cn[nH]c(C)ncnc2C)C1. The lowest BCUT2D eigenvalue weighted by Crippen LogP contribution is -2.23. The van der Waals surface area contributed by atoms with Gasteiger partial charge in [0.15, 0.2) is 5.75 Å². The molecule has 1 aliphatic heterocycles. The summed E-state index contributed by atoms with van der Waals surface area (Å²) in [7, 11) is 0. The van der Waals surface area contributed by atoms with Crippen LogP contribution in [0.15, 0.2) is 61.8 Å². The summed E-state index contributed by atoms with van der Waals surface area (Å²) in [4.78, 5) is 10.6. The highest BCUT2D eigenvalue weighted by molar-refractivity contribution is 5.30. The van der Waals surface area contributed by atoms with E-state index in [2.05, 4.69) is 44.8 Å². The number of H-pyrrole nitrogens is 1. The molecular weight excluding hydrogens is 314 g/mol. The number of nitrogens with one attached hydrogen (secondary N) is 1. The monoisotopic (exact) mass is 339 g/mol. The van der Waals surface area contributed by atoms with Crippen molar-refractivity contribution in [3.63, 3.8) is 0 Å². The molecule has 0 unspecified atom stereocenters. The lowest BCUT2D eigenvalue weighted by atomic mass is 10.2. The van der Waals surface area contributed by atoms with Gasteiger partial charge in [0, 0.05) is 18.7 Å². The van der Waals surface area contributed by atoms with Gasteiger partial charge in [-0.3, -0.25) is 5.10 Å². The van der Waals surface area contributed by atoms with Crippen LogP contribution in [0, 0.1) is 13.8 Å². The van der Waals surface area contributed by atoms with E-state index in [1.807, 2.05) is 26.0 Å². The maximum absolute atomic E-state index is 6.10. The molecule has 0 radical (unpaired) electrons. The molecule has 1 aromatic heterocycles. The molecule has 6 heteroatoms. The predicted molar refractivity (Wildman–Crippen MR) is 99.5 cm³/mol. The van der Waals surface area contributed by atoms with E-state index >= 15 is 0 Å². The number of nitrogens with zero attached hydrogens (tertiary/aromatic N) is 4. The third-order valence-corrected chi connectivity index (χ3v) is 3.86. The Labute approximate surface area is 149 Å². The molecule has 1 N–H and O–H groups in total. The van der Waals surface area contributed by atoms with E-state index in [4.69, 9.17) is 4.74 Å². The summed E-state index contributed by atoms with van der Waals surface area (Å²) in [6.45, 7) is 17.0. The summed E-state index contributed by atoms with van der Waals surface area (Å²) in [6, 6.07) is 0. The Hall–Kier alpha value is -2.89. The normalized spacial score (nSPS) is 16.6. The predicted octanol–water partition coefficient (Wildman–Crippen LogP) is 3.21. The Balaban J connectivity index is 2.04. The van der Waals surface area contributed by atoms with E-state index in [1.54, 1.807) is 12.3 Å². The van der Waals surface area contributed by atoms with Crippen LogP contribution in [0.1, 0.15) is 17.9 Å². The Morgan fingerprint density at radius 1 is 1.32 bits per heavy atom. The fourth-order valence-electron chi connectivity index (χ4n) is 2.33. The molecule has 0 spiro atoms. The van der Waals surface area contributed by atoms with Crippen molar-refractivity contribution in [1.29, 1.82) is 0 Å². The van der Waals surface area contributed by atoms with Crippen LogP contribution in [0.5, 0.6) is 5.75 Å². The van der Waals surface area contributed by atoms with E-state index in [0.717, 1.165) is 36.5 Å². The van der Waals surface area contributed by atoms with Crippen molar-refractivity contribution in [2.24, 2.45) is 0 Å². The molecule has 0 bridgehead atoms. The quantitative estimate of drug-likeness (QED) is 0.806. The zero-order valence-corrected chi connectivity index (χ0v) is 14.9. The molecular formula is C19H25N5O. The fraction of sp³-hybridized carbons (Fsp3) is 0.316. The first-order chi connectivity index (χ1) is 12.0. The Bertz CT molecular complexity index is 733. The molecule has 132 valence electrons. The largest absolute Gasteiger partial charge is 0.485 e. The van der Waals surface area contributed by atoms with Gasteiger partial charge in [-0.15, -0.1) is 0 Å². The van der Waals surface area contributed by atoms with Crippen molar-refractivity contribution < 1.29 is 4.74 Å². The van der Waals surface area contributed by atoms with E-state index in [1.165, 1.54) is 6.33 Å². The summed E-state index contributed by atoms with van der Waals surface area (Å²) in [5.74, 6) is 1.31. The van der Waals surface area contributed by atoms with Gasteiger partial charge in [0.25, 0.3) is 0 Å². The first kappa shape index (κ1) is 18.4. The number of aromatic amines is 1. The molecule has 1 aromatic rings. The van der Waals surface area contributed by atoms with Crippen LogP contribution in [0.4, 0.5) is 0 Å². The van der Waals surface area contributed by atoms with Gasteiger partial charge >= 0.3 is 0 Å². The number of allylic oxidation sites excluding steroid dienone is 4. The van der Waals surface area contributed by atoms with E-state index in [9.17, 15) is 0 Å². The molecule has 2 heterocycles. The van der Waals surface area contributed by atoms with Crippen molar-refractivity contribution >= 4 is 0 Å². The maximum atomic E-state index is 6.10. The van der Waals surface area contributed by atoms with Gasteiger partial charge in [-0.1, -0.05) is 31.9 Å². The lowest BCUT2D eigenvalue weighted by molar-refractivity contribution is 0.207.